The average molecular weight is 348 g/mol. The Morgan fingerprint density at radius 2 is 2.00 bits per heavy atom. The monoisotopic (exact) mass is 348 g/mol. The highest BCUT2D eigenvalue weighted by Crippen LogP contribution is 2.33. The molecule has 0 unspecified atom stereocenters. The van der Waals surface area contributed by atoms with Crippen LogP contribution in [0.1, 0.15) is 0 Å². The van der Waals surface area contributed by atoms with Gasteiger partial charge in [-0.1, -0.05) is 11.3 Å². The van der Waals surface area contributed by atoms with Crippen LogP contribution in [0.5, 0.6) is 0 Å². The minimum atomic E-state index is -0.260. The first kappa shape index (κ1) is 15.3. The molecule has 0 aliphatic carbocycles. The Morgan fingerprint density at radius 1 is 1.25 bits per heavy atom. The standard InChI is InChI=1S/C16H17FN4O2S/c17-12-1-2-13-14(7-12)24-16(18-13)21-8-11(9-21)15(23)20-5-3-19(10-22)4-6-20/h1-2,7,10-11H,3-6,8-9H2. The number of hydrogen-bond donors (Lipinski definition) is 0. The van der Waals surface area contributed by atoms with Crippen molar-refractivity contribution in [1.82, 2.24) is 14.8 Å². The second kappa shape index (κ2) is 6.01. The Hall–Kier alpha value is -2.22. The number of halogens is 1. The van der Waals surface area contributed by atoms with Crippen molar-refractivity contribution in [2.75, 3.05) is 44.2 Å². The topological polar surface area (TPSA) is 56.8 Å². The summed E-state index contributed by atoms with van der Waals surface area (Å²) in [4.78, 5) is 33.3. The highest BCUT2D eigenvalue weighted by molar-refractivity contribution is 7.22. The van der Waals surface area contributed by atoms with Gasteiger partial charge in [0, 0.05) is 39.3 Å². The summed E-state index contributed by atoms with van der Waals surface area (Å²) in [6.45, 7) is 3.72. The summed E-state index contributed by atoms with van der Waals surface area (Å²) in [5.41, 5.74) is 0.788. The highest BCUT2D eigenvalue weighted by Gasteiger charge is 2.37. The predicted octanol–water partition coefficient (Wildman–Crippen LogP) is 1.17. The summed E-state index contributed by atoms with van der Waals surface area (Å²) in [5.74, 6) is -0.121. The molecule has 1 aromatic heterocycles. The Morgan fingerprint density at radius 3 is 2.71 bits per heavy atom. The zero-order chi connectivity index (χ0) is 16.7. The quantitative estimate of drug-likeness (QED) is 0.782. The molecule has 0 saturated carbocycles. The first-order chi connectivity index (χ1) is 11.6. The van der Waals surface area contributed by atoms with Crippen LogP contribution in [0.2, 0.25) is 0 Å². The molecule has 6 nitrogen and oxygen atoms in total. The summed E-state index contributed by atoms with van der Waals surface area (Å²) in [6, 6.07) is 4.58. The van der Waals surface area contributed by atoms with Gasteiger partial charge in [-0.15, -0.1) is 0 Å². The van der Waals surface area contributed by atoms with Crippen molar-refractivity contribution in [2.45, 2.75) is 0 Å². The Balaban J connectivity index is 1.37. The number of thiazole rings is 1. The van der Waals surface area contributed by atoms with Gasteiger partial charge in [-0.05, 0) is 18.2 Å². The third kappa shape index (κ3) is 2.71. The Bertz CT molecular complexity index is 781. The molecule has 0 spiro atoms. The maximum atomic E-state index is 13.3. The van der Waals surface area contributed by atoms with Gasteiger partial charge in [0.25, 0.3) is 0 Å². The van der Waals surface area contributed by atoms with Crippen LogP contribution in [0.25, 0.3) is 10.2 Å². The van der Waals surface area contributed by atoms with E-state index in [9.17, 15) is 14.0 Å². The van der Waals surface area contributed by atoms with E-state index in [1.165, 1.54) is 23.5 Å². The molecule has 2 aliphatic heterocycles. The van der Waals surface area contributed by atoms with E-state index in [-0.39, 0.29) is 17.6 Å². The summed E-state index contributed by atoms with van der Waals surface area (Å²) in [6.07, 6.45) is 0.836. The number of hydrogen-bond acceptors (Lipinski definition) is 5. The third-order valence-corrected chi connectivity index (χ3v) is 5.69. The normalized spacial score (nSPS) is 18.8. The van der Waals surface area contributed by atoms with Gasteiger partial charge in [-0.25, -0.2) is 9.37 Å². The number of fused-ring (bicyclic) bond motifs is 1. The molecule has 24 heavy (non-hydrogen) atoms. The molecule has 0 N–H and O–H groups in total. The molecule has 4 rings (SSSR count). The fraction of sp³-hybridized carbons (Fsp3) is 0.438. The molecule has 0 bridgehead atoms. The largest absolute Gasteiger partial charge is 0.346 e. The summed E-state index contributed by atoms with van der Waals surface area (Å²) >= 11 is 1.45. The van der Waals surface area contributed by atoms with Crippen molar-refractivity contribution in [3.05, 3.63) is 24.0 Å². The van der Waals surface area contributed by atoms with Gasteiger partial charge in [0.05, 0.1) is 16.1 Å². The van der Waals surface area contributed by atoms with Gasteiger partial charge in [-0.3, -0.25) is 9.59 Å². The summed E-state index contributed by atoms with van der Waals surface area (Å²) < 4.78 is 14.1. The van der Waals surface area contributed by atoms with E-state index in [0.29, 0.717) is 39.3 Å². The van der Waals surface area contributed by atoms with Crippen molar-refractivity contribution in [3.8, 4) is 0 Å². The lowest BCUT2D eigenvalue weighted by molar-refractivity contribution is -0.139. The van der Waals surface area contributed by atoms with Gasteiger partial charge in [0.15, 0.2) is 5.13 Å². The maximum absolute atomic E-state index is 13.3. The molecule has 2 aromatic rings. The van der Waals surface area contributed by atoms with Crippen molar-refractivity contribution < 1.29 is 14.0 Å². The van der Waals surface area contributed by atoms with Crippen molar-refractivity contribution in [3.63, 3.8) is 0 Å². The van der Waals surface area contributed by atoms with Crippen LogP contribution in [-0.2, 0) is 9.59 Å². The Labute approximate surface area is 142 Å². The SMILES string of the molecule is O=CN1CCN(C(=O)C2CN(c3nc4ccc(F)cc4s3)C2)CC1. The lowest BCUT2D eigenvalue weighted by atomic mass is 9.99. The van der Waals surface area contributed by atoms with E-state index in [1.54, 1.807) is 11.0 Å². The number of aromatic nitrogens is 1. The number of piperazine rings is 1. The fourth-order valence-electron chi connectivity index (χ4n) is 3.12. The maximum Gasteiger partial charge on any atom is 0.229 e. The molecule has 8 heteroatoms. The van der Waals surface area contributed by atoms with E-state index in [1.807, 2.05) is 4.90 Å². The zero-order valence-electron chi connectivity index (χ0n) is 13.0. The van der Waals surface area contributed by atoms with Gasteiger partial charge in [0.2, 0.25) is 12.3 Å². The fourth-order valence-corrected chi connectivity index (χ4v) is 4.13. The Kier molecular flexibility index (Phi) is 3.84. The van der Waals surface area contributed by atoms with Crippen molar-refractivity contribution in [2.24, 2.45) is 5.92 Å². The number of benzene rings is 1. The smallest absolute Gasteiger partial charge is 0.229 e. The number of amides is 2. The molecule has 2 aliphatic rings. The molecule has 1 aromatic carbocycles. The molecule has 2 amide bonds. The first-order valence-corrected chi connectivity index (χ1v) is 8.75. The van der Waals surface area contributed by atoms with Gasteiger partial charge >= 0.3 is 0 Å². The van der Waals surface area contributed by atoms with Gasteiger partial charge < -0.3 is 14.7 Å². The van der Waals surface area contributed by atoms with Gasteiger partial charge in [-0.2, -0.15) is 0 Å². The molecule has 3 heterocycles. The van der Waals surface area contributed by atoms with Crippen LogP contribution < -0.4 is 4.90 Å². The van der Waals surface area contributed by atoms with E-state index >= 15 is 0 Å². The molecule has 2 fully saturated rings. The van der Waals surface area contributed by atoms with Crippen molar-refractivity contribution in [1.29, 1.82) is 0 Å². The van der Waals surface area contributed by atoms with Crippen LogP contribution in [0.4, 0.5) is 9.52 Å². The highest BCUT2D eigenvalue weighted by atomic mass is 32.1. The van der Waals surface area contributed by atoms with Crippen LogP contribution in [-0.4, -0.2) is 66.4 Å². The lowest BCUT2D eigenvalue weighted by Gasteiger charge is -2.42. The summed E-state index contributed by atoms with van der Waals surface area (Å²) in [7, 11) is 0. The average Bonchev–Trinajstić information content (AvgIpc) is 2.95. The van der Waals surface area contributed by atoms with Crippen LogP contribution in [0.3, 0.4) is 0 Å². The molecule has 2 saturated heterocycles. The second-order valence-corrected chi connectivity index (χ2v) is 7.19. The number of carbonyl (C=O) groups excluding carboxylic acids is 2. The van der Waals surface area contributed by atoms with Crippen molar-refractivity contribution >= 4 is 39.0 Å². The summed E-state index contributed by atoms with van der Waals surface area (Å²) in [5, 5.41) is 0.838. The minimum absolute atomic E-state index is 0.0171. The molecule has 126 valence electrons. The first-order valence-electron chi connectivity index (χ1n) is 7.93. The minimum Gasteiger partial charge on any atom is -0.346 e. The lowest BCUT2D eigenvalue weighted by Crippen LogP contribution is -2.57. The molecule has 0 atom stereocenters. The van der Waals surface area contributed by atoms with E-state index in [0.717, 1.165) is 21.8 Å². The number of nitrogens with zero attached hydrogens (tertiary/aromatic N) is 4. The van der Waals surface area contributed by atoms with Crippen LogP contribution >= 0.6 is 11.3 Å². The third-order valence-electron chi connectivity index (χ3n) is 4.62. The molecular weight excluding hydrogens is 331 g/mol. The second-order valence-electron chi connectivity index (χ2n) is 6.18. The molecular formula is C16H17FN4O2S. The van der Waals surface area contributed by atoms with E-state index in [4.69, 9.17) is 0 Å². The zero-order valence-corrected chi connectivity index (χ0v) is 13.8. The van der Waals surface area contributed by atoms with E-state index in [2.05, 4.69) is 9.88 Å². The molecule has 0 radical (unpaired) electrons. The van der Waals surface area contributed by atoms with E-state index < -0.39 is 0 Å². The predicted molar refractivity (Wildman–Crippen MR) is 89.5 cm³/mol. The van der Waals surface area contributed by atoms with Crippen LogP contribution in [0, 0.1) is 11.7 Å². The number of rotatable bonds is 3. The van der Waals surface area contributed by atoms with Gasteiger partial charge in [0.1, 0.15) is 5.82 Å². The van der Waals surface area contributed by atoms with Crippen LogP contribution in [0.15, 0.2) is 18.2 Å². The number of anilines is 1. The number of carbonyl (C=O) groups is 2.